The minimum atomic E-state index is 0.223. The zero-order valence-corrected chi connectivity index (χ0v) is 15.2. The van der Waals surface area contributed by atoms with E-state index in [-0.39, 0.29) is 5.75 Å². The Morgan fingerprint density at radius 2 is 1.29 bits per heavy atom. The molecule has 0 aliphatic rings. The van der Waals surface area contributed by atoms with Gasteiger partial charge >= 0.3 is 0 Å². The van der Waals surface area contributed by atoms with Crippen LogP contribution in [-0.4, -0.2) is 14.7 Å². The van der Waals surface area contributed by atoms with Crippen LogP contribution in [0.3, 0.4) is 0 Å². The average Bonchev–Trinajstić information content (AvgIpc) is 3.19. The summed E-state index contributed by atoms with van der Waals surface area (Å²) in [7, 11) is 0. The van der Waals surface area contributed by atoms with Gasteiger partial charge in [-0.1, -0.05) is 72.8 Å². The van der Waals surface area contributed by atoms with Crippen molar-refractivity contribution < 1.29 is 5.11 Å². The van der Waals surface area contributed by atoms with Gasteiger partial charge in [-0.15, -0.1) is 0 Å². The lowest BCUT2D eigenvalue weighted by Gasteiger charge is -2.14. The highest BCUT2D eigenvalue weighted by Gasteiger charge is 2.18. The van der Waals surface area contributed by atoms with Crippen molar-refractivity contribution in [1.29, 1.82) is 0 Å². The minimum absolute atomic E-state index is 0.223. The summed E-state index contributed by atoms with van der Waals surface area (Å²) in [5.41, 5.74) is 3.77. The van der Waals surface area contributed by atoms with E-state index in [1.807, 2.05) is 72.9 Å². The Bertz CT molecular complexity index is 1260. The van der Waals surface area contributed by atoms with E-state index >= 15 is 0 Å². The van der Waals surface area contributed by atoms with Gasteiger partial charge in [0, 0.05) is 11.3 Å². The Hall–Kier alpha value is -3.85. The van der Waals surface area contributed by atoms with E-state index < -0.39 is 0 Å². The van der Waals surface area contributed by atoms with Gasteiger partial charge in [0.05, 0.1) is 17.5 Å². The zero-order valence-electron chi connectivity index (χ0n) is 15.2. The number of imidazole rings is 1. The molecule has 5 rings (SSSR count). The first-order valence-electron chi connectivity index (χ1n) is 9.22. The van der Waals surface area contributed by atoms with Crippen LogP contribution in [0, 0.1) is 0 Å². The predicted octanol–water partition coefficient (Wildman–Crippen LogP) is 6.07. The van der Waals surface area contributed by atoms with Crippen LogP contribution in [0.5, 0.6) is 5.75 Å². The van der Waals surface area contributed by atoms with Crippen LogP contribution in [-0.2, 0) is 0 Å². The maximum atomic E-state index is 10.8. The van der Waals surface area contributed by atoms with Crippen molar-refractivity contribution in [2.45, 2.75) is 0 Å². The number of nitrogens with zero attached hydrogens (tertiary/aromatic N) is 2. The van der Waals surface area contributed by atoms with Gasteiger partial charge in [-0.05, 0) is 35.0 Å². The molecular weight excluding hydrogens is 344 g/mol. The first-order valence-corrected chi connectivity index (χ1v) is 9.22. The largest absolute Gasteiger partial charge is 0.507 e. The molecule has 0 aliphatic carbocycles. The summed E-state index contributed by atoms with van der Waals surface area (Å²) in [5.74, 6) is 0.939. The molecule has 1 heterocycles. The van der Waals surface area contributed by atoms with E-state index in [0.29, 0.717) is 11.4 Å². The summed E-state index contributed by atoms with van der Waals surface area (Å²) in [6, 6.07) is 32.1. The fourth-order valence-corrected chi connectivity index (χ4v) is 3.60. The number of hydrogen-bond donors (Lipinski definition) is 1. The number of aromatic nitrogens is 2. The Kier molecular flexibility index (Phi) is 3.91. The molecule has 0 radical (unpaired) electrons. The van der Waals surface area contributed by atoms with Crippen LogP contribution in [0.15, 0.2) is 103 Å². The molecule has 0 fully saturated rings. The van der Waals surface area contributed by atoms with E-state index in [4.69, 9.17) is 4.98 Å². The van der Waals surface area contributed by atoms with Gasteiger partial charge in [0.2, 0.25) is 0 Å². The third kappa shape index (κ3) is 2.74. The van der Waals surface area contributed by atoms with Crippen molar-refractivity contribution in [3.05, 3.63) is 103 Å². The fraction of sp³-hybridized carbons (Fsp3) is 0. The van der Waals surface area contributed by atoms with Gasteiger partial charge in [0.15, 0.2) is 0 Å². The molecule has 28 heavy (non-hydrogen) atoms. The Labute approximate surface area is 163 Å². The molecule has 0 spiro atoms. The van der Waals surface area contributed by atoms with Gasteiger partial charge in [-0.25, -0.2) is 4.98 Å². The van der Waals surface area contributed by atoms with Crippen LogP contribution < -0.4 is 0 Å². The summed E-state index contributed by atoms with van der Waals surface area (Å²) in [6.45, 7) is 0. The van der Waals surface area contributed by atoms with Crippen LogP contribution >= 0.6 is 0 Å². The topological polar surface area (TPSA) is 38.1 Å². The Balaban J connectivity index is 1.79. The van der Waals surface area contributed by atoms with Crippen molar-refractivity contribution in [2.75, 3.05) is 0 Å². The van der Waals surface area contributed by atoms with E-state index in [1.54, 1.807) is 6.07 Å². The van der Waals surface area contributed by atoms with Crippen molar-refractivity contribution in [2.24, 2.45) is 0 Å². The number of phenolic OH excluding ortho intramolecular Hbond substituents is 1. The predicted molar refractivity (Wildman–Crippen MR) is 114 cm³/mol. The second-order valence-electron chi connectivity index (χ2n) is 6.72. The SMILES string of the molecule is Oc1cc2ccccc2cc1-c1ncc(-c2ccccc2)n1-c1ccccc1. The molecule has 0 saturated heterocycles. The van der Waals surface area contributed by atoms with E-state index in [2.05, 4.69) is 28.8 Å². The van der Waals surface area contributed by atoms with Gasteiger partial charge in [-0.3, -0.25) is 4.57 Å². The van der Waals surface area contributed by atoms with E-state index in [9.17, 15) is 5.11 Å². The summed E-state index contributed by atoms with van der Waals surface area (Å²) in [6.07, 6.45) is 1.87. The monoisotopic (exact) mass is 362 g/mol. The number of para-hydroxylation sites is 1. The number of rotatable bonds is 3. The molecular formula is C25H18N2O. The normalized spacial score (nSPS) is 11.0. The van der Waals surface area contributed by atoms with Crippen LogP contribution in [0.25, 0.3) is 39.1 Å². The van der Waals surface area contributed by atoms with Gasteiger partial charge in [0.1, 0.15) is 11.6 Å². The molecule has 5 aromatic rings. The Morgan fingerprint density at radius 1 is 0.679 bits per heavy atom. The summed E-state index contributed by atoms with van der Waals surface area (Å²) in [5, 5.41) is 12.8. The molecule has 1 aromatic heterocycles. The summed E-state index contributed by atoms with van der Waals surface area (Å²) in [4.78, 5) is 4.71. The minimum Gasteiger partial charge on any atom is -0.507 e. The summed E-state index contributed by atoms with van der Waals surface area (Å²) < 4.78 is 2.10. The summed E-state index contributed by atoms with van der Waals surface area (Å²) >= 11 is 0. The van der Waals surface area contributed by atoms with Crippen molar-refractivity contribution in [3.8, 4) is 34.1 Å². The highest BCUT2D eigenvalue weighted by atomic mass is 16.3. The first-order chi connectivity index (χ1) is 13.8. The zero-order chi connectivity index (χ0) is 18.9. The number of benzene rings is 4. The molecule has 0 unspecified atom stereocenters. The molecule has 3 nitrogen and oxygen atoms in total. The quantitative estimate of drug-likeness (QED) is 0.423. The number of fused-ring (bicyclic) bond motifs is 1. The third-order valence-electron chi connectivity index (χ3n) is 4.95. The molecule has 0 atom stereocenters. The third-order valence-corrected chi connectivity index (χ3v) is 4.95. The molecule has 0 bridgehead atoms. The van der Waals surface area contributed by atoms with Gasteiger partial charge < -0.3 is 5.11 Å². The van der Waals surface area contributed by atoms with E-state index in [1.165, 1.54) is 0 Å². The van der Waals surface area contributed by atoms with Gasteiger partial charge in [0.25, 0.3) is 0 Å². The molecule has 3 heteroatoms. The maximum absolute atomic E-state index is 10.8. The van der Waals surface area contributed by atoms with Crippen LogP contribution in [0.4, 0.5) is 0 Å². The molecule has 0 saturated carbocycles. The average molecular weight is 362 g/mol. The Morgan fingerprint density at radius 3 is 2.00 bits per heavy atom. The first kappa shape index (κ1) is 16.3. The number of phenols is 1. The lowest BCUT2D eigenvalue weighted by Crippen LogP contribution is -2.00. The molecule has 1 N–H and O–H groups in total. The molecule has 4 aromatic carbocycles. The fourth-order valence-electron chi connectivity index (χ4n) is 3.60. The highest BCUT2D eigenvalue weighted by Crippen LogP contribution is 2.36. The van der Waals surface area contributed by atoms with Crippen LogP contribution in [0.1, 0.15) is 0 Å². The molecule has 0 aliphatic heterocycles. The van der Waals surface area contributed by atoms with Gasteiger partial charge in [-0.2, -0.15) is 0 Å². The van der Waals surface area contributed by atoms with Crippen LogP contribution in [0.2, 0.25) is 0 Å². The molecule has 0 amide bonds. The smallest absolute Gasteiger partial charge is 0.148 e. The molecule has 134 valence electrons. The number of hydrogen-bond acceptors (Lipinski definition) is 2. The number of aromatic hydroxyl groups is 1. The van der Waals surface area contributed by atoms with Crippen molar-refractivity contribution in [3.63, 3.8) is 0 Å². The lowest BCUT2D eigenvalue weighted by molar-refractivity contribution is 0.477. The maximum Gasteiger partial charge on any atom is 0.148 e. The second kappa shape index (κ2) is 6.71. The van der Waals surface area contributed by atoms with Crippen molar-refractivity contribution >= 4 is 10.8 Å². The highest BCUT2D eigenvalue weighted by molar-refractivity contribution is 5.90. The lowest BCUT2D eigenvalue weighted by atomic mass is 10.1. The second-order valence-corrected chi connectivity index (χ2v) is 6.72. The standard InChI is InChI=1S/C25H18N2O/c28-24-16-20-12-8-7-11-19(20)15-22(24)25-26-17-23(18-9-3-1-4-10-18)27(25)21-13-5-2-6-14-21/h1-17,28H. The van der Waals surface area contributed by atoms with Crippen molar-refractivity contribution in [1.82, 2.24) is 9.55 Å². The van der Waals surface area contributed by atoms with E-state index in [0.717, 1.165) is 27.7 Å².